The fourth-order valence-electron chi connectivity index (χ4n) is 2.41. The SMILES string of the molecule is CCN1C(=O)C(=C2C(=O)N(C)c3ccccc32)SC1=S. The summed E-state index contributed by atoms with van der Waals surface area (Å²) in [6.07, 6.45) is 0. The van der Waals surface area contributed by atoms with E-state index in [-0.39, 0.29) is 11.8 Å². The zero-order valence-electron chi connectivity index (χ0n) is 11.0. The van der Waals surface area contributed by atoms with Crippen LogP contribution in [0.15, 0.2) is 29.2 Å². The molecule has 3 rings (SSSR count). The van der Waals surface area contributed by atoms with Crippen LogP contribution in [0.5, 0.6) is 0 Å². The summed E-state index contributed by atoms with van der Waals surface area (Å²) in [7, 11) is 1.72. The highest BCUT2D eigenvalue weighted by Gasteiger charge is 2.40. The molecule has 4 nitrogen and oxygen atoms in total. The second kappa shape index (κ2) is 4.71. The van der Waals surface area contributed by atoms with Crippen molar-refractivity contribution in [3.63, 3.8) is 0 Å². The van der Waals surface area contributed by atoms with Crippen LogP contribution >= 0.6 is 24.0 Å². The van der Waals surface area contributed by atoms with Crippen LogP contribution in [-0.2, 0) is 9.59 Å². The van der Waals surface area contributed by atoms with E-state index in [0.29, 0.717) is 21.3 Å². The van der Waals surface area contributed by atoms with E-state index in [9.17, 15) is 9.59 Å². The van der Waals surface area contributed by atoms with Gasteiger partial charge in [0.25, 0.3) is 11.8 Å². The number of para-hydroxylation sites is 1. The predicted molar refractivity (Wildman–Crippen MR) is 84.3 cm³/mol. The highest BCUT2D eigenvalue weighted by Crippen LogP contribution is 2.43. The summed E-state index contributed by atoms with van der Waals surface area (Å²) < 4.78 is 0.514. The van der Waals surface area contributed by atoms with Crippen molar-refractivity contribution in [2.24, 2.45) is 0 Å². The molecule has 2 amide bonds. The minimum Gasteiger partial charge on any atom is -0.311 e. The molecule has 102 valence electrons. The zero-order chi connectivity index (χ0) is 14.4. The molecule has 1 aromatic carbocycles. The van der Waals surface area contributed by atoms with E-state index in [4.69, 9.17) is 12.2 Å². The number of anilines is 1. The van der Waals surface area contributed by atoms with Crippen molar-refractivity contribution in [3.05, 3.63) is 34.7 Å². The lowest BCUT2D eigenvalue weighted by Gasteiger charge is -2.10. The summed E-state index contributed by atoms with van der Waals surface area (Å²) in [6.45, 7) is 2.39. The lowest BCUT2D eigenvalue weighted by atomic mass is 10.1. The number of amides is 2. The third-order valence-electron chi connectivity index (χ3n) is 3.45. The Morgan fingerprint density at radius 3 is 2.55 bits per heavy atom. The van der Waals surface area contributed by atoms with E-state index in [0.717, 1.165) is 11.3 Å². The molecule has 2 heterocycles. The van der Waals surface area contributed by atoms with Crippen LogP contribution in [-0.4, -0.2) is 34.6 Å². The molecule has 0 atom stereocenters. The van der Waals surface area contributed by atoms with Crippen molar-refractivity contribution in [2.45, 2.75) is 6.92 Å². The summed E-state index contributed by atoms with van der Waals surface area (Å²) in [5.41, 5.74) is 2.10. The van der Waals surface area contributed by atoms with E-state index in [1.807, 2.05) is 31.2 Å². The smallest absolute Gasteiger partial charge is 0.266 e. The van der Waals surface area contributed by atoms with Crippen LogP contribution in [0.3, 0.4) is 0 Å². The van der Waals surface area contributed by atoms with E-state index in [1.54, 1.807) is 11.9 Å². The van der Waals surface area contributed by atoms with Gasteiger partial charge in [-0.3, -0.25) is 14.5 Å². The van der Waals surface area contributed by atoms with Gasteiger partial charge >= 0.3 is 0 Å². The van der Waals surface area contributed by atoms with Crippen molar-refractivity contribution in [3.8, 4) is 0 Å². The molecule has 0 bridgehead atoms. The van der Waals surface area contributed by atoms with Gasteiger partial charge in [0, 0.05) is 19.2 Å². The van der Waals surface area contributed by atoms with Gasteiger partial charge in [-0.25, -0.2) is 0 Å². The van der Waals surface area contributed by atoms with Crippen LogP contribution in [0, 0.1) is 0 Å². The van der Waals surface area contributed by atoms with Crippen LogP contribution < -0.4 is 4.90 Å². The number of benzene rings is 1. The highest BCUT2D eigenvalue weighted by atomic mass is 32.2. The van der Waals surface area contributed by atoms with Crippen LogP contribution in [0.4, 0.5) is 5.69 Å². The molecule has 1 fully saturated rings. The summed E-state index contributed by atoms with van der Waals surface area (Å²) in [5, 5.41) is 0. The molecule has 6 heteroatoms. The van der Waals surface area contributed by atoms with E-state index < -0.39 is 0 Å². The molecular formula is C14H12N2O2S2. The second-order valence-corrected chi connectivity index (χ2v) is 6.15. The minimum absolute atomic E-state index is 0.150. The van der Waals surface area contributed by atoms with Crippen molar-refractivity contribution in [1.82, 2.24) is 4.90 Å². The molecule has 1 aromatic rings. The Morgan fingerprint density at radius 2 is 1.90 bits per heavy atom. The Balaban J connectivity index is 2.20. The number of rotatable bonds is 1. The fourth-order valence-corrected chi connectivity index (χ4v) is 3.87. The molecule has 20 heavy (non-hydrogen) atoms. The van der Waals surface area contributed by atoms with E-state index >= 15 is 0 Å². The number of thioether (sulfide) groups is 1. The fraction of sp³-hybridized carbons (Fsp3) is 0.214. The van der Waals surface area contributed by atoms with Crippen molar-refractivity contribution in [1.29, 1.82) is 0 Å². The maximum atomic E-state index is 12.4. The summed E-state index contributed by atoms with van der Waals surface area (Å²) in [6, 6.07) is 7.49. The summed E-state index contributed by atoms with van der Waals surface area (Å²) >= 11 is 6.42. The zero-order valence-corrected chi connectivity index (χ0v) is 12.7. The molecule has 1 saturated heterocycles. The molecule has 0 unspecified atom stereocenters. The molecule has 0 spiro atoms. The Morgan fingerprint density at radius 1 is 1.20 bits per heavy atom. The molecule has 2 aliphatic rings. The first-order chi connectivity index (χ1) is 9.56. The average Bonchev–Trinajstić information content (AvgIpc) is 2.86. The normalized spacial score (nSPS) is 22.0. The molecule has 0 N–H and O–H groups in total. The Labute approximate surface area is 126 Å². The molecule has 0 saturated carbocycles. The lowest BCUT2D eigenvalue weighted by molar-refractivity contribution is -0.122. The molecule has 0 radical (unpaired) electrons. The van der Waals surface area contributed by atoms with Gasteiger partial charge < -0.3 is 4.90 Å². The van der Waals surface area contributed by atoms with Gasteiger partial charge in [-0.2, -0.15) is 0 Å². The largest absolute Gasteiger partial charge is 0.311 e. The van der Waals surface area contributed by atoms with Gasteiger partial charge in [-0.15, -0.1) is 0 Å². The number of carbonyl (C=O) groups is 2. The van der Waals surface area contributed by atoms with Crippen molar-refractivity contribution < 1.29 is 9.59 Å². The van der Waals surface area contributed by atoms with Crippen molar-refractivity contribution in [2.75, 3.05) is 18.5 Å². The van der Waals surface area contributed by atoms with E-state index in [2.05, 4.69) is 0 Å². The van der Waals surface area contributed by atoms with Gasteiger partial charge in [0.15, 0.2) is 0 Å². The van der Waals surface area contributed by atoms with Crippen LogP contribution in [0.2, 0.25) is 0 Å². The number of thiocarbonyl (C=S) groups is 1. The summed E-state index contributed by atoms with van der Waals surface area (Å²) in [5.74, 6) is -0.321. The van der Waals surface area contributed by atoms with Gasteiger partial charge in [-0.1, -0.05) is 42.2 Å². The first-order valence-electron chi connectivity index (χ1n) is 6.21. The summed E-state index contributed by atoms with van der Waals surface area (Å²) in [4.78, 5) is 28.4. The van der Waals surface area contributed by atoms with Crippen LogP contribution in [0.1, 0.15) is 12.5 Å². The number of hydrogen-bond acceptors (Lipinski definition) is 4. The molecular weight excluding hydrogens is 292 g/mol. The van der Waals surface area contributed by atoms with Crippen LogP contribution in [0.25, 0.3) is 5.57 Å². The Kier molecular flexibility index (Phi) is 3.14. The monoisotopic (exact) mass is 304 g/mol. The predicted octanol–water partition coefficient (Wildman–Crippen LogP) is 2.25. The molecule has 0 aromatic heterocycles. The highest BCUT2D eigenvalue weighted by molar-refractivity contribution is 8.26. The maximum Gasteiger partial charge on any atom is 0.266 e. The number of hydrogen-bond donors (Lipinski definition) is 0. The minimum atomic E-state index is -0.170. The molecule has 0 aliphatic carbocycles. The first kappa shape index (κ1) is 13.3. The number of nitrogens with zero attached hydrogens (tertiary/aromatic N) is 2. The molecule has 2 aliphatic heterocycles. The van der Waals surface area contributed by atoms with Gasteiger partial charge in [-0.05, 0) is 13.0 Å². The third kappa shape index (κ3) is 1.72. The maximum absolute atomic E-state index is 12.4. The van der Waals surface area contributed by atoms with E-state index in [1.165, 1.54) is 16.7 Å². The van der Waals surface area contributed by atoms with Gasteiger partial charge in [0.1, 0.15) is 4.32 Å². The Bertz CT molecular complexity index is 682. The third-order valence-corrected chi connectivity index (χ3v) is 4.89. The van der Waals surface area contributed by atoms with Gasteiger partial charge in [0.2, 0.25) is 0 Å². The van der Waals surface area contributed by atoms with Gasteiger partial charge in [0.05, 0.1) is 16.2 Å². The second-order valence-electron chi connectivity index (χ2n) is 4.50. The topological polar surface area (TPSA) is 40.6 Å². The quantitative estimate of drug-likeness (QED) is 0.589. The number of fused-ring (bicyclic) bond motifs is 1. The standard InChI is InChI=1S/C14H12N2O2S2/c1-3-16-13(18)11(20-14(16)19)10-8-6-4-5-7-9(8)15(2)12(10)17/h4-7H,3H2,1-2H3. The first-order valence-corrected chi connectivity index (χ1v) is 7.44. The number of carbonyl (C=O) groups excluding carboxylic acids is 2. The number of likely N-dealkylation sites (N-methyl/N-ethyl adjacent to an activating group) is 2. The average molecular weight is 304 g/mol. The van der Waals surface area contributed by atoms with Crippen molar-refractivity contribution >= 4 is 51.4 Å². The lowest BCUT2D eigenvalue weighted by Crippen LogP contribution is -2.28. The Hall–Kier alpha value is -1.66.